The molecule has 2 amide bonds. The van der Waals surface area contributed by atoms with E-state index in [1.54, 1.807) is 11.8 Å². The molecule has 0 aromatic carbocycles. The molecule has 3 heterocycles. The molecule has 2 fully saturated rings. The van der Waals surface area contributed by atoms with Gasteiger partial charge in [0.2, 0.25) is 0 Å². The number of likely N-dealkylation sites (tertiary alicyclic amines) is 1. The quantitative estimate of drug-likeness (QED) is 0.789. The zero-order valence-corrected chi connectivity index (χ0v) is 14.0. The van der Waals surface area contributed by atoms with Crippen LogP contribution in [0.2, 0.25) is 0 Å². The molecule has 0 radical (unpaired) electrons. The van der Waals surface area contributed by atoms with E-state index in [-0.39, 0.29) is 12.1 Å². The van der Waals surface area contributed by atoms with Gasteiger partial charge in [0, 0.05) is 26.7 Å². The summed E-state index contributed by atoms with van der Waals surface area (Å²) in [6, 6.07) is 0.151. The molecule has 1 aromatic heterocycles. The monoisotopic (exact) mass is 325 g/mol. The number of carbonyl (C=O) groups is 1. The number of thioether (sulfide) groups is 1. The zero-order valence-electron chi connectivity index (χ0n) is 13.2. The van der Waals surface area contributed by atoms with E-state index in [1.807, 2.05) is 21.4 Å². The van der Waals surface area contributed by atoms with E-state index in [0.29, 0.717) is 26.3 Å². The highest BCUT2D eigenvalue weighted by Crippen LogP contribution is 2.33. The van der Waals surface area contributed by atoms with E-state index in [1.165, 1.54) is 0 Å². The normalized spacial score (nSPS) is 22.4. The van der Waals surface area contributed by atoms with E-state index in [4.69, 9.17) is 4.74 Å². The van der Waals surface area contributed by atoms with Crippen LogP contribution in [0.15, 0.2) is 5.16 Å². The number of urea groups is 1. The molecule has 0 unspecified atom stereocenters. The lowest BCUT2D eigenvalue weighted by atomic mass is 10.2. The molecule has 2 saturated heterocycles. The first kappa shape index (κ1) is 15.6. The summed E-state index contributed by atoms with van der Waals surface area (Å²) in [5.41, 5.74) is 0. The third-order valence-electron chi connectivity index (χ3n) is 4.22. The Morgan fingerprint density at radius 3 is 2.82 bits per heavy atom. The average Bonchev–Trinajstić information content (AvgIpc) is 3.15. The molecule has 22 heavy (non-hydrogen) atoms. The molecule has 0 N–H and O–H groups in total. The molecule has 0 aliphatic carbocycles. The molecular formula is C14H23N5O2S. The van der Waals surface area contributed by atoms with E-state index in [0.717, 1.165) is 36.1 Å². The number of hydrogen-bond donors (Lipinski definition) is 0. The zero-order chi connectivity index (χ0) is 15.5. The summed E-state index contributed by atoms with van der Waals surface area (Å²) < 4.78 is 7.36. The van der Waals surface area contributed by atoms with Crippen molar-refractivity contribution in [2.75, 3.05) is 38.6 Å². The van der Waals surface area contributed by atoms with Crippen molar-refractivity contribution >= 4 is 17.8 Å². The molecule has 0 bridgehead atoms. The van der Waals surface area contributed by atoms with Gasteiger partial charge in [-0.1, -0.05) is 18.7 Å². The number of aromatic nitrogens is 3. The van der Waals surface area contributed by atoms with E-state index in [9.17, 15) is 4.79 Å². The lowest BCUT2D eigenvalue weighted by Gasteiger charge is -2.33. The summed E-state index contributed by atoms with van der Waals surface area (Å²) in [4.78, 5) is 16.6. The second-order valence-corrected chi connectivity index (χ2v) is 6.80. The van der Waals surface area contributed by atoms with Crippen LogP contribution in [-0.4, -0.2) is 69.2 Å². The van der Waals surface area contributed by atoms with Crippen LogP contribution >= 0.6 is 11.8 Å². The second-order valence-electron chi connectivity index (χ2n) is 5.57. The number of carbonyl (C=O) groups excluding carboxylic acids is 1. The van der Waals surface area contributed by atoms with Gasteiger partial charge in [0.15, 0.2) is 11.0 Å². The summed E-state index contributed by atoms with van der Waals surface area (Å²) in [5, 5.41) is 9.53. The highest BCUT2D eigenvalue weighted by molar-refractivity contribution is 7.99. The van der Waals surface area contributed by atoms with Crippen molar-refractivity contribution in [3.8, 4) is 0 Å². The predicted molar refractivity (Wildman–Crippen MR) is 83.9 cm³/mol. The number of nitrogens with zero attached hydrogens (tertiary/aromatic N) is 5. The van der Waals surface area contributed by atoms with Crippen LogP contribution in [0.4, 0.5) is 4.79 Å². The number of morpholine rings is 1. The molecule has 122 valence electrons. The van der Waals surface area contributed by atoms with Crippen LogP contribution in [0.3, 0.4) is 0 Å². The number of amides is 2. The molecule has 2 aliphatic rings. The average molecular weight is 325 g/mol. The lowest BCUT2D eigenvalue weighted by Crippen LogP contribution is -2.48. The second kappa shape index (κ2) is 6.87. The van der Waals surface area contributed by atoms with Crippen LogP contribution in [-0.2, 0) is 11.8 Å². The Morgan fingerprint density at radius 1 is 1.32 bits per heavy atom. The summed E-state index contributed by atoms with van der Waals surface area (Å²) in [7, 11) is 1.99. The maximum Gasteiger partial charge on any atom is 0.320 e. The lowest BCUT2D eigenvalue weighted by molar-refractivity contribution is 0.0417. The van der Waals surface area contributed by atoms with Gasteiger partial charge in [-0.25, -0.2) is 4.79 Å². The minimum atomic E-state index is 0.0408. The molecule has 1 atom stereocenters. The molecule has 3 rings (SSSR count). The van der Waals surface area contributed by atoms with Crippen molar-refractivity contribution in [1.29, 1.82) is 0 Å². The summed E-state index contributed by atoms with van der Waals surface area (Å²) in [6.07, 6.45) is 1.97. The van der Waals surface area contributed by atoms with Crippen LogP contribution in [0.1, 0.15) is 31.6 Å². The van der Waals surface area contributed by atoms with Gasteiger partial charge < -0.3 is 19.1 Å². The maximum atomic E-state index is 12.8. The Hall–Kier alpha value is -1.28. The Morgan fingerprint density at radius 2 is 2.09 bits per heavy atom. The summed E-state index contributed by atoms with van der Waals surface area (Å²) in [5.74, 6) is 1.86. The minimum Gasteiger partial charge on any atom is -0.378 e. The Labute approximate surface area is 135 Å². The first-order valence-corrected chi connectivity index (χ1v) is 8.86. The molecular weight excluding hydrogens is 302 g/mol. The third-order valence-corrected chi connectivity index (χ3v) is 5.12. The van der Waals surface area contributed by atoms with E-state index in [2.05, 4.69) is 17.1 Å². The highest BCUT2D eigenvalue weighted by atomic mass is 32.2. The van der Waals surface area contributed by atoms with Gasteiger partial charge >= 0.3 is 6.03 Å². The Bertz CT molecular complexity index is 529. The SMILES string of the molecule is CCSc1nnc([C@H]2CCCN2C(=O)N2CCOCC2)n1C. The molecule has 0 spiro atoms. The standard InChI is InChI=1S/C14H23N5O2S/c1-3-22-13-16-15-12(17(13)2)11-5-4-6-19(11)14(20)18-7-9-21-10-8-18/h11H,3-10H2,1-2H3/t11-/m1/s1. The van der Waals surface area contributed by atoms with Crippen molar-refractivity contribution in [3.63, 3.8) is 0 Å². The smallest absolute Gasteiger partial charge is 0.320 e. The summed E-state index contributed by atoms with van der Waals surface area (Å²) >= 11 is 1.68. The van der Waals surface area contributed by atoms with Crippen molar-refractivity contribution in [1.82, 2.24) is 24.6 Å². The van der Waals surface area contributed by atoms with Gasteiger partial charge in [-0.2, -0.15) is 0 Å². The first-order chi connectivity index (χ1) is 10.7. The third kappa shape index (κ3) is 2.94. The van der Waals surface area contributed by atoms with Crippen molar-refractivity contribution in [2.24, 2.45) is 7.05 Å². The number of hydrogen-bond acceptors (Lipinski definition) is 5. The van der Waals surface area contributed by atoms with Gasteiger partial charge in [0.25, 0.3) is 0 Å². The molecule has 1 aromatic rings. The van der Waals surface area contributed by atoms with Crippen molar-refractivity contribution in [2.45, 2.75) is 31.0 Å². The van der Waals surface area contributed by atoms with E-state index < -0.39 is 0 Å². The van der Waals surface area contributed by atoms with Crippen LogP contribution in [0, 0.1) is 0 Å². The number of rotatable bonds is 3. The van der Waals surface area contributed by atoms with Gasteiger partial charge in [0.05, 0.1) is 19.3 Å². The van der Waals surface area contributed by atoms with E-state index >= 15 is 0 Å². The van der Waals surface area contributed by atoms with Gasteiger partial charge in [-0.3, -0.25) is 0 Å². The molecule has 0 saturated carbocycles. The summed E-state index contributed by atoms with van der Waals surface area (Å²) in [6.45, 7) is 5.51. The van der Waals surface area contributed by atoms with Gasteiger partial charge in [-0.15, -0.1) is 10.2 Å². The molecule has 7 nitrogen and oxygen atoms in total. The fourth-order valence-corrected chi connectivity index (χ4v) is 3.72. The Balaban J connectivity index is 1.76. The Kier molecular flexibility index (Phi) is 4.87. The van der Waals surface area contributed by atoms with Crippen LogP contribution < -0.4 is 0 Å². The fourth-order valence-electron chi connectivity index (χ4n) is 3.07. The largest absolute Gasteiger partial charge is 0.378 e. The first-order valence-electron chi connectivity index (χ1n) is 7.87. The molecule has 8 heteroatoms. The molecule has 2 aliphatic heterocycles. The van der Waals surface area contributed by atoms with Crippen molar-refractivity contribution < 1.29 is 9.53 Å². The van der Waals surface area contributed by atoms with Crippen molar-refractivity contribution in [3.05, 3.63) is 5.82 Å². The minimum absolute atomic E-state index is 0.0408. The number of ether oxygens (including phenoxy) is 1. The van der Waals surface area contributed by atoms with Gasteiger partial charge in [-0.05, 0) is 18.6 Å². The van der Waals surface area contributed by atoms with Crippen LogP contribution in [0.25, 0.3) is 0 Å². The predicted octanol–water partition coefficient (Wildman–Crippen LogP) is 1.52. The topological polar surface area (TPSA) is 63.5 Å². The van der Waals surface area contributed by atoms with Crippen LogP contribution in [0.5, 0.6) is 0 Å². The van der Waals surface area contributed by atoms with Gasteiger partial charge in [0.1, 0.15) is 0 Å². The highest BCUT2D eigenvalue weighted by Gasteiger charge is 2.36. The maximum absolute atomic E-state index is 12.8. The fraction of sp³-hybridized carbons (Fsp3) is 0.786.